The van der Waals surface area contributed by atoms with E-state index in [4.69, 9.17) is 14.2 Å². The molecule has 2 atom stereocenters. The predicted octanol–water partition coefficient (Wildman–Crippen LogP) is 4.76. The number of amides is 2. The average Bonchev–Trinajstić information content (AvgIpc) is 2.87. The number of aromatic nitrogens is 1. The SMILES string of the molecule is CC(C)(C)OC(=O)N[C@@H](CO)C(=O)Nc1ccc(Oc2ccc3c(c2)CCC(c2ccccc2)O3)nc1. The second-order valence-electron chi connectivity index (χ2n) is 9.68. The Hall–Kier alpha value is -4.11. The summed E-state index contributed by atoms with van der Waals surface area (Å²) in [5.41, 5.74) is 1.89. The highest BCUT2D eigenvalue weighted by molar-refractivity contribution is 5.96. The molecule has 1 aliphatic heterocycles. The van der Waals surface area contributed by atoms with Crippen molar-refractivity contribution >= 4 is 17.7 Å². The largest absolute Gasteiger partial charge is 0.485 e. The molecular formula is C28H31N3O6. The summed E-state index contributed by atoms with van der Waals surface area (Å²) in [7, 11) is 0. The van der Waals surface area contributed by atoms with E-state index in [-0.39, 0.29) is 6.10 Å². The first-order chi connectivity index (χ1) is 17.7. The van der Waals surface area contributed by atoms with Gasteiger partial charge in [-0.15, -0.1) is 0 Å². The Balaban J connectivity index is 1.33. The van der Waals surface area contributed by atoms with Gasteiger partial charge in [0.05, 0.1) is 18.5 Å². The van der Waals surface area contributed by atoms with Crippen LogP contribution in [0.25, 0.3) is 0 Å². The maximum absolute atomic E-state index is 12.5. The third-order valence-corrected chi connectivity index (χ3v) is 5.56. The molecule has 1 unspecified atom stereocenters. The number of hydrogen-bond acceptors (Lipinski definition) is 7. The lowest BCUT2D eigenvalue weighted by Gasteiger charge is -2.26. The second-order valence-corrected chi connectivity index (χ2v) is 9.68. The topological polar surface area (TPSA) is 119 Å². The number of aliphatic hydroxyl groups is 1. The summed E-state index contributed by atoms with van der Waals surface area (Å²) in [5, 5.41) is 14.5. The molecule has 0 saturated carbocycles. The van der Waals surface area contributed by atoms with Crippen LogP contribution in [-0.2, 0) is 16.0 Å². The Morgan fingerprint density at radius 1 is 1.14 bits per heavy atom. The number of fused-ring (bicyclic) bond motifs is 1. The zero-order valence-electron chi connectivity index (χ0n) is 21.1. The molecule has 9 heteroatoms. The van der Waals surface area contributed by atoms with Crippen molar-refractivity contribution in [2.24, 2.45) is 0 Å². The van der Waals surface area contributed by atoms with E-state index in [2.05, 4.69) is 27.8 Å². The molecule has 194 valence electrons. The summed E-state index contributed by atoms with van der Waals surface area (Å²) >= 11 is 0. The van der Waals surface area contributed by atoms with Crippen molar-refractivity contribution < 1.29 is 28.9 Å². The number of benzene rings is 2. The van der Waals surface area contributed by atoms with Crippen molar-refractivity contribution in [2.75, 3.05) is 11.9 Å². The van der Waals surface area contributed by atoms with Gasteiger partial charge in [0.1, 0.15) is 29.2 Å². The highest BCUT2D eigenvalue weighted by Gasteiger charge is 2.24. The van der Waals surface area contributed by atoms with Crippen LogP contribution in [0.15, 0.2) is 66.9 Å². The monoisotopic (exact) mass is 505 g/mol. The lowest BCUT2D eigenvalue weighted by Crippen LogP contribution is -2.47. The Kier molecular flexibility index (Phi) is 7.93. The first-order valence-electron chi connectivity index (χ1n) is 12.1. The number of carbonyl (C=O) groups is 2. The summed E-state index contributed by atoms with van der Waals surface area (Å²) in [6.45, 7) is 4.52. The molecule has 0 aliphatic carbocycles. The fraction of sp³-hybridized carbons (Fsp3) is 0.321. The number of aliphatic hydroxyl groups excluding tert-OH is 1. The molecule has 0 bridgehead atoms. The highest BCUT2D eigenvalue weighted by Crippen LogP contribution is 2.37. The molecule has 2 amide bonds. The Bertz CT molecular complexity index is 1220. The Morgan fingerprint density at radius 3 is 2.59 bits per heavy atom. The van der Waals surface area contributed by atoms with Crippen LogP contribution in [0.5, 0.6) is 17.4 Å². The van der Waals surface area contributed by atoms with Crippen molar-refractivity contribution in [1.29, 1.82) is 0 Å². The van der Waals surface area contributed by atoms with Crippen LogP contribution in [0.1, 0.15) is 44.4 Å². The molecule has 3 aromatic rings. The lowest BCUT2D eigenvalue weighted by molar-refractivity contribution is -0.119. The summed E-state index contributed by atoms with van der Waals surface area (Å²) in [6, 6.07) is 17.9. The maximum Gasteiger partial charge on any atom is 0.408 e. The Labute approximate surface area is 215 Å². The van der Waals surface area contributed by atoms with Gasteiger partial charge in [-0.3, -0.25) is 4.79 Å². The smallest absolute Gasteiger partial charge is 0.408 e. The molecule has 0 radical (unpaired) electrons. The second kappa shape index (κ2) is 11.3. The van der Waals surface area contributed by atoms with E-state index in [0.717, 1.165) is 29.7 Å². The molecule has 1 aromatic heterocycles. The predicted molar refractivity (Wildman–Crippen MR) is 138 cm³/mol. The maximum atomic E-state index is 12.5. The fourth-order valence-electron chi connectivity index (χ4n) is 3.84. The van der Waals surface area contributed by atoms with Gasteiger partial charge in [0, 0.05) is 6.07 Å². The molecule has 1 aliphatic rings. The number of anilines is 1. The third kappa shape index (κ3) is 7.20. The Morgan fingerprint density at radius 2 is 1.92 bits per heavy atom. The summed E-state index contributed by atoms with van der Waals surface area (Å²) < 4.78 is 17.2. The molecule has 2 heterocycles. The highest BCUT2D eigenvalue weighted by atomic mass is 16.6. The zero-order valence-corrected chi connectivity index (χ0v) is 21.1. The number of nitrogens with zero attached hydrogens (tertiary/aromatic N) is 1. The summed E-state index contributed by atoms with van der Waals surface area (Å²) in [6.07, 6.45) is 2.42. The minimum atomic E-state index is -1.18. The van der Waals surface area contributed by atoms with E-state index in [1.165, 1.54) is 6.20 Å². The van der Waals surface area contributed by atoms with E-state index in [9.17, 15) is 14.7 Å². The van der Waals surface area contributed by atoms with Gasteiger partial charge >= 0.3 is 6.09 Å². The van der Waals surface area contributed by atoms with E-state index in [1.807, 2.05) is 36.4 Å². The van der Waals surface area contributed by atoms with E-state index < -0.39 is 30.3 Å². The molecule has 4 rings (SSSR count). The number of hydrogen-bond donors (Lipinski definition) is 3. The lowest BCUT2D eigenvalue weighted by atomic mass is 9.97. The third-order valence-electron chi connectivity index (χ3n) is 5.56. The standard InChI is InChI=1S/C28H31N3O6/c1-28(2,3)37-27(34)31-22(17-32)26(33)30-20-10-14-25(29-16-20)35-21-11-13-24-19(15-21)9-12-23(36-24)18-7-5-4-6-8-18/h4-8,10-11,13-16,22-23,32H,9,12,17H2,1-3H3,(H,30,33)(H,31,34)/t22-,23?/m0/s1. The minimum absolute atomic E-state index is 0.0367. The fourth-order valence-corrected chi connectivity index (χ4v) is 3.84. The van der Waals surface area contributed by atoms with Gasteiger partial charge in [-0.25, -0.2) is 9.78 Å². The number of alkyl carbamates (subject to hydrolysis) is 1. The summed E-state index contributed by atoms with van der Waals surface area (Å²) in [5.74, 6) is 1.22. The van der Waals surface area contributed by atoms with Gasteiger partial charge in [-0.1, -0.05) is 30.3 Å². The van der Waals surface area contributed by atoms with Crippen LogP contribution in [0, 0.1) is 0 Å². The number of carbonyl (C=O) groups excluding carboxylic acids is 2. The van der Waals surface area contributed by atoms with Crippen molar-refractivity contribution in [3.63, 3.8) is 0 Å². The van der Waals surface area contributed by atoms with Gasteiger partial charge in [0.15, 0.2) is 0 Å². The molecule has 37 heavy (non-hydrogen) atoms. The van der Waals surface area contributed by atoms with Crippen molar-refractivity contribution in [1.82, 2.24) is 10.3 Å². The molecule has 9 nitrogen and oxygen atoms in total. The quantitative estimate of drug-likeness (QED) is 0.423. The van der Waals surface area contributed by atoms with Crippen LogP contribution in [-0.4, -0.2) is 40.3 Å². The van der Waals surface area contributed by atoms with Gasteiger partial charge in [-0.2, -0.15) is 0 Å². The van der Waals surface area contributed by atoms with Crippen molar-refractivity contribution in [3.8, 4) is 17.4 Å². The number of nitrogens with one attached hydrogen (secondary N) is 2. The zero-order chi connectivity index (χ0) is 26.4. The van der Waals surface area contributed by atoms with Crippen LogP contribution < -0.4 is 20.1 Å². The normalized spacial score (nSPS) is 15.5. The molecule has 0 fully saturated rings. The van der Waals surface area contributed by atoms with Gasteiger partial charge in [0.2, 0.25) is 11.8 Å². The first-order valence-corrected chi connectivity index (χ1v) is 12.1. The average molecular weight is 506 g/mol. The first kappa shape index (κ1) is 26.0. The van der Waals surface area contributed by atoms with E-state index in [1.54, 1.807) is 32.9 Å². The number of ether oxygens (including phenoxy) is 3. The van der Waals surface area contributed by atoms with Crippen molar-refractivity contribution in [2.45, 2.75) is 51.4 Å². The minimum Gasteiger partial charge on any atom is -0.485 e. The number of rotatable bonds is 7. The van der Waals surface area contributed by atoms with Crippen LogP contribution in [0.3, 0.4) is 0 Å². The summed E-state index contributed by atoms with van der Waals surface area (Å²) in [4.78, 5) is 28.6. The molecule has 0 saturated heterocycles. The van der Waals surface area contributed by atoms with Gasteiger partial charge in [0.25, 0.3) is 0 Å². The van der Waals surface area contributed by atoms with Crippen molar-refractivity contribution in [3.05, 3.63) is 78.0 Å². The van der Waals surface area contributed by atoms with Gasteiger partial charge in [-0.05, 0) is 69.0 Å². The van der Waals surface area contributed by atoms with Crippen LogP contribution in [0.2, 0.25) is 0 Å². The molecular weight excluding hydrogens is 474 g/mol. The molecule has 3 N–H and O–H groups in total. The van der Waals surface area contributed by atoms with E-state index in [0.29, 0.717) is 17.3 Å². The number of pyridine rings is 1. The van der Waals surface area contributed by atoms with E-state index >= 15 is 0 Å². The molecule has 2 aromatic carbocycles. The van der Waals surface area contributed by atoms with Gasteiger partial charge < -0.3 is 30.0 Å². The molecule has 0 spiro atoms. The van der Waals surface area contributed by atoms with Crippen LogP contribution >= 0.6 is 0 Å². The number of aryl methyl sites for hydroxylation is 1. The van der Waals surface area contributed by atoms with Crippen LogP contribution in [0.4, 0.5) is 10.5 Å².